The number of nitrogens with two attached hydrogens (primary N) is 1. The molecule has 1 atom stereocenters. The third kappa shape index (κ3) is 5.89. The van der Waals surface area contributed by atoms with E-state index < -0.39 is 0 Å². The van der Waals surface area contributed by atoms with E-state index in [1.165, 1.54) is 0 Å². The standard InChI is InChI=1S/C14H28N2O3/c1-3-18-13(11-15)7-10-16-8-5-12(6-9-16)14(17)19-4-2/h12-13H,3-11,15H2,1-2H3. The van der Waals surface area contributed by atoms with E-state index >= 15 is 0 Å². The van der Waals surface area contributed by atoms with Crippen LogP contribution in [0.15, 0.2) is 0 Å². The molecule has 1 aliphatic heterocycles. The molecular formula is C14H28N2O3. The lowest BCUT2D eigenvalue weighted by Gasteiger charge is -2.31. The van der Waals surface area contributed by atoms with Crippen LogP contribution in [-0.4, -0.2) is 56.4 Å². The zero-order chi connectivity index (χ0) is 14.1. The van der Waals surface area contributed by atoms with Gasteiger partial charge in [0.25, 0.3) is 0 Å². The van der Waals surface area contributed by atoms with Crippen molar-refractivity contribution in [2.75, 3.05) is 39.4 Å². The van der Waals surface area contributed by atoms with Crippen molar-refractivity contribution in [3.63, 3.8) is 0 Å². The first-order valence-corrected chi connectivity index (χ1v) is 7.41. The fourth-order valence-electron chi connectivity index (χ4n) is 2.48. The molecule has 2 N–H and O–H groups in total. The van der Waals surface area contributed by atoms with E-state index in [2.05, 4.69) is 4.90 Å². The first-order chi connectivity index (χ1) is 9.21. The van der Waals surface area contributed by atoms with Crippen LogP contribution in [0.5, 0.6) is 0 Å². The summed E-state index contributed by atoms with van der Waals surface area (Å²) in [5.41, 5.74) is 5.66. The van der Waals surface area contributed by atoms with Crippen LogP contribution in [0.2, 0.25) is 0 Å². The second-order valence-electron chi connectivity index (χ2n) is 4.97. The Bertz CT molecular complexity index is 253. The van der Waals surface area contributed by atoms with Crippen LogP contribution in [0.1, 0.15) is 33.1 Å². The summed E-state index contributed by atoms with van der Waals surface area (Å²) < 4.78 is 10.6. The Kier molecular flexibility index (Phi) is 8.02. The average Bonchev–Trinajstić information content (AvgIpc) is 2.44. The Morgan fingerprint density at radius 1 is 1.32 bits per heavy atom. The number of carbonyl (C=O) groups excluding carboxylic acids is 1. The number of esters is 1. The fourth-order valence-corrected chi connectivity index (χ4v) is 2.48. The first-order valence-electron chi connectivity index (χ1n) is 7.41. The molecule has 0 aromatic rings. The van der Waals surface area contributed by atoms with Crippen molar-refractivity contribution in [2.24, 2.45) is 11.7 Å². The van der Waals surface area contributed by atoms with Crippen molar-refractivity contribution in [3.8, 4) is 0 Å². The van der Waals surface area contributed by atoms with Gasteiger partial charge in [0.1, 0.15) is 0 Å². The van der Waals surface area contributed by atoms with Gasteiger partial charge in [-0.25, -0.2) is 0 Å². The van der Waals surface area contributed by atoms with Gasteiger partial charge in [-0.15, -0.1) is 0 Å². The molecule has 1 fully saturated rings. The molecule has 1 saturated heterocycles. The molecule has 0 aliphatic carbocycles. The van der Waals surface area contributed by atoms with E-state index in [1.807, 2.05) is 13.8 Å². The molecule has 1 heterocycles. The monoisotopic (exact) mass is 272 g/mol. The third-order valence-corrected chi connectivity index (χ3v) is 3.64. The number of carbonyl (C=O) groups is 1. The number of hydrogen-bond acceptors (Lipinski definition) is 5. The first kappa shape index (κ1) is 16.4. The highest BCUT2D eigenvalue weighted by atomic mass is 16.5. The maximum Gasteiger partial charge on any atom is 0.309 e. The minimum absolute atomic E-state index is 0.0312. The molecule has 112 valence electrons. The Balaban J connectivity index is 2.21. The van der Waals surface area contributed by atoms with E-state index in [-0.39, 0.29) is 18.0 Å². The van der Waals surface area contributed by atoms with E-state index in [4.69, 9.17) is 15.2 Å². The van der Waals surface area contributed by atoms with E-state index in [0.717, 1.165) is 38.9 Å². The van der Waals surface area contributed by atoms with E-state index in [1.54, 1.807) is 0 Å². The van der Waals surface area contributed by atoms with Gasteiger partial charge in [0.05, 0.1) is 18.6 Å². The van der Waals surface area contributed by atoms with Gasteiger partial charge in [-0.05, 0) is 46.2 Å². The van der Waals surface area contributed by atoms with Gasteiger partial charge in [-0.3, -0.25) is 4.79 Å². The molecule has 5 nitrogen and oxygen atoms in total. The van der Waals surface area contributed by atoms with Gasteiger partial charge in [-0.2, -0.15) is 0 Å². The predicted octanol–water partition coefficient (Wildman–Crippen LogP) is 1.02. The van der Waals surface area contributed by atoms with Gasteiger partial charge >= 0.3 is 5.97 Å². The topological polar surface area (TPSA) is 64.8 Å². The van der Waals surface area contributed by atoms with Gasteiger partial charge in [-0.1, -0.05) is 0 Å². The lowest BCUT2D eigenvalue weighted by atomic mass is 9.97. The molecule has 0 aromatic carbocycles. The summed E-state index contributed by atoms with van der Waals surface area (Å²) in [6.45, 7) is 8.55. The molecule has 0 radical (unpaired) electrons. The smallest absolute Gasteiger partial charge is 0.309 e. The van der Waals surface area contributed by atoms with Gasteiger partial charge in [0.15, 0.2) is 0 Å². The molecule has 0 aromatic heterocycles. The van der Waals surface area contributed by atoms with Gasteiger partial charge in [0.2, 0.25) is 0 Å². The second kappa shape index (κ2) is 9.28. The normalized spacial score (nSPS) is 19.3. The molecule has 0 bridgehead atoms. The largest absolute Gasteiger partial charge is 0.466 e. The summed E-state index contributed by atoms with van der Waals surface area (Å²) in [6.07, 6.45) is 2.93. The van der Waals surface area contributed by atoms with Crippen molar-refractivity contribution in [1.82, 2.24) is 4.90 Å². The third-order valence-electron chi connectivity index (χ3n) is 3.64. The minimum Gasteiger partial charge on any atom is -0.466 e. The van der Waals surface area contributed by atoms with Crippen LogP contribution in [-0.2, 0) is 14.3 Å². The maximum atomic E-state index is 11.6. The summed E-state index contributed by atoms with van der Waals surface area (Å²) in [7, 11) is 0. The number of nitrogens with zero attached hydrogens (tertiary/aromatic N) is 1. The number of hydrogen-bond donors (Lipinski definition) is 1. The van der Waals surface area contributed by atoms with Crippen LogP contribution in [0.3, 0.4) is 0 Å². The number of rotatable bonds is 8. The van der Waals surface area contributed by atoms with Crippen molar-refractivity contribution in [2.45, 2.75) is 39.2 Å². The molecular weight excluding hydrogens is 244 g/mol. The SMILES string of the molecule is CCOC(=O)C1CCN(CCC(CN)OCC)CC1. The Morgan fingerprint density at radius 2 is 2.00 bits per heavy atom. The van der Waals surface area contributed by atoms with E-state index in [9.17, 15) is 4.79 Å². The van der Waals surface area contributed by atoms with Crippen LogP contribution in [0.25, 0.3) is 0 Å². The van der Waals surface area contributed by atoms with Crippen LogP contribution >= 0.6 is 0 Å². The number of ether oxygens (including phenoxy) is 2. The Labute approximate surface area is 116 Å². The van der Waals surface area contributed by atoms with Crippen molar-refractivity contribution >= 4 is 5.97 Å². The van der Waals surface area contributed by atoms with Crippen molar-refractivity contribution < 1.29 is 14.3 Å². The fraction of sp³-hybridized carbons (Fsp3) is 0.929. The summed E-state index contributed by atoms with van der Waals surface area (Å²) >= 11 is 0. The molecule has 19 heavy (non-hydrogen) atoms. The summed E-state index contributed by atoms with van der Waals surface area (Å²) in [6, 6.07) is 0. The predicted molar refractivity (Wildman–Crippen MR) is 74.9 cm³/mol. The molecule has 5 heteroatoms. The molecule has 1 unspecified atom stereocenters. The quantitative estimate of drug-likeness (QED) is 0.668. The van der Waals surface area contributed by atoms with E-state index in [0.29, 0.717) is 19.8 Å². The average molecular weight is 272 g/mol. The highest BCUT2D eigenvalue weighted by Crippen LogP contribution is 2.19. The Hall–Kier alpha value is -0.650. The Morgan fingerprint density at radius 3 is 2.53 bits per heavy atom. The lowest BCUT2D eigenvalue weighted by molar-refractivity contribution is -0.149. The highest BCUT2D eigenvalue weighted by Gasteiger charge is 2.25. The highest BCUT2D eigenvalue weighted by molar-refractivity contribution is 5.72. The molecule has 0 amide bonds. The zero-order valence-corrected chi connectivity index (χ0v) is 12.3. The lowest BCUT2D eigenvalue weighted by Crippen LogP contribution is -2.39. The van der Waals surface area contributed by atoms with Crippen LogP contribution in [0.4, 0.5) is 0 Å². The molecule has 1 rings (SSSR count). The summed E-state index contributed by atoms with van der Waals surface area (Å²) in [5.74, 6) is 0.0599. The molecule has 0 saturated carbocycles. The van der Waals surface area contributed by atoms with Gasteiger partial charge < -0.3 is 20.1 Å². The number of likely N-dealkylation sites (tertiary alicyclic amines) is 1. The second-order valence-corrected chi connectivity index (χ2v) is 4.97. The zero-order valence-electron chi connectivity index (χ0n) is 12.3. The van der Waals surface area contributed by atoms with Crippen LogP contribution in [0, 0.1) is 5.92 Å². The maximum absolute atomic E-state index is 11.6. The summed E-state index contributed by atoms with van der Waals surface area (Å²) in [4.78, 5) is 14.0. The molecule has 0 spiro atoms. The van der Waals surface area contributed by atoms with Crippen molar-refractivity contribution in [3.05, 3.63) is 0 Å². The minimum atomic E-state index is -0.0312. The number of piperidine rings is 1. The molecule has 1 aliphatic rings. The van der Waals surface area contributed by atoms with Gasteiger partial charge in [0, 0.05) is 19.7 Å². The summed E-state index contributed by atoms with van der Waals surface area (Å²) in [5, 5.41) is 0. The van der Waals surface area contributed by atoms with Crippen molar-refractivity contribution in [1.29, 1.82) is 0 Å². The van der Waals surface area contributed by atoms with Crippen LogP contribution < -0.4 is 5.73 Å².